The number of aromatic nitrogens is 2. The number of anilines is 1. The van der Waals surface area contributed by atoms with Crippen LogP contribution >= 0.6 is 0 Å². The van der Waals surface area contributed by atoms with Gasteiger partial charge in [-0.3, -0.25) is 14.8 Å². The second-order valence-electron chi connectivity index (χ2n) is 8.31. The van der Waals surface area contributed by atoms with Gasteiger partial charge in [0.2, 0.25) is 0 Å². The lowest BCUT2D eigenvalue weighted by Crippen LogP contribution is -2.41. The van der Waals surface area contributed by atoms with Gasteiger partial charge in [-0.25, -0.2) is 0 Å². The van der Waals surface area contributed by atoms with Crippen molar-refractivity contribution in [3.63, 3.8) is 0 Å². The molecule has 2 aromatic rings. The van der Waals surface area contributed by atoms with Crippen LogP contribution in [0.1, 0.15) is 46.1 Å². The largest absolute Gasteiger partial charge is 0.369 e. The number of nitriles is 1. The highest BCUT2D eigenvalue weighted by Gasteiger charge is 2.29. The molecule has 2 heterocycles. The van der Waals surface area contributed by atoms with E-state index < -0.39 is 0 Å². The number of hydrogen-bond acceptors (Lipinski definition) is 5. The van der Waals surface area contributed by atoms with E-state index in [1.807, 2.05) is 19.1 Å². The molecule has 0 amide bonds. The molecule has 1 aliphatic rings. The molecule has 3 atom stereocenters. The number of rotatable bonds is 5. The fraction of sp³-hybridized carbons (Fsp3) is 0.545. The van der Waals surface area contributed by atoms with Gasteiger partial charge in [-0.2, -0.15) is 5.26 Å². The van der Waals surface area contributed by atoms with Crippen LogP contribution in [-0.2, 0) is 4.79 Å². The SMILES string of the molecule is CC(C)C(C)C(=O)C[C@@H]1C[C@H](C)CN(c2ccc(C#N)c3nccnc23)C1. The summed E-state index contributed by atoms with van der Waals surface area (Å²) in [6.07, 6.45) is 5.01. The van der Waals surface area contributed by atoms with Crippen molar-refractivity contribution in [3.05, 3.63) is 30.1 Å². The van der Waals surface area contributed by atoms with E-state index >= 15 is 0 Å². The molecule has 27 heavy (non-hydrogen) atoms. The Kier molecular flexibility index (Phi) is 5.74. The molecule has 0 bridgehead atoms. The third-order valence-electron chi connectivity index (χ3n) is 5.81. The van der Waals surface area contributed by atoms with Crippen molar-refractivity contribution in [3.8, 4) is 6.07 Å². The molecule has 0 N–H and O–H groups in total. The Balaban J connectivity index is 1.86. The maximum atomic E-state index is 12.6. The molecule has 0 saturated carbocycles. The van der Waals surface area contributed by atoms with E-state index in [4.69, 9.17) is 0 Å². The molecule has 1 unspecified atom stereocenters. The number of ketones is 1. The van der Waals surface area contributed by atoms with Crippen molar-refractivity contribution in [2.75, 3.05) is 18.0 Å². The summed E-state index contributed by atoms with van der Waals surface area (Å²) in [5.41, 5.74) is 2.98. The number of fused-ring (bicyclic) bond motifs is 1. The molecule has 1 aromatic carbocycles. The molecule has 1 aliphatic heterocycles. The third kappa shape index (κ3) is 4.10. The highest BCUT2D eigenvalue weighted by molar-refractivity contribution is 5.92. The number of nitrogens with zero attached hydrogens (tertiary/aromatic N) is 4. The molecule has 1 fully saturated rings. The average molecular weight is 364 g/mol. The Labute approximate surface area is 161 Å². The van der Waals surface area contributed by atoms with E-state index in [1.54, 1.807) is 12.4 Å². The summed E-state index contributed by atoms with van der Waals surface area (Å²) in [6.45, 7) is 10.3. The Morgan fingerprint density at radius 2 is 1.93 bits per heavy atom. The number of piperidine rings is 1. The topological polar surface area (TPSA) is 69.9 Å². The van der Waals surface area contributed by atoms with E-state index in [1.165, 1.54) is 0 Å². The van der Waals surface area contributed by atoms with E-state index in [9.17, 15) is 10.1 Å². The second kappa shape index (κ2) is 8.04. The first-order valence-corrected chi connectivity index (χ1v) is 9.82. The maximum absolute atomic E-state index is 12.6. The molecule has 0 spiro atoms. The van der Waals surface area contributed by atoms with Gasteiger partial charge in [0, 0.05) is 37.8 Å². The highest BCUT2D eigenvalue weighted by atomic mass is 16.1. The van der Waals surface area contributed by atoms with E-state index in [-0.39, 0.29) is 5.92 Å². The Morgan fingerprint density at radius 3 is 2.59 bits per heavy atom. The molecule has 1 saturated heterocycles. The van der Waals surface area contributed by atoms with Crippen LogP contribution in [0.25, 0.3) is 11.0 Å². The van der Waals surface area contributed by atoms with Crippen molar-refractivity contribution in [2.45, 2.75) is 40.5 Å². The summed E-state index contributed by atoms with van der Waals surface area (Å²) in [5.74, 6) is 1.72. The van der Waals surface area contributed by atoms with Gasteiger partial charge in [0.1, 0.15) is 22.9 Å². The zero-order chi connectivity index (χ0) is 19.6. The first-order valence-electron chi connectivity index (χ1n) is 9.82. The minimum atomic E-state index is 0.109. The van der Waals surface area contributed by atoms with Crippen LogP contribution in [0.5, 0.6) is 0 Å². The summed E-state index contributed by atoms with van der Waals surface area (Å²) in [7, 11) is 0. The Hall–Kier alpha value is -2.48. The van der Waals surface area contributed by atoms with Gasteiger partial charge in [-0.15, -0.1) is 0 Å². The molecule has 0 radical (unpaired) electrons. The van der Waals surface area contributed by atoms with Crippen LogP contribution in [0.4, 0.5) is 5.69 Å². The normalized spacial score (nSPS) is 21.3. The minimum absolute atomic E-state index is 0.109. The van der Waals surface area contributed by atoms with Crippen LogP contribution in [0, 0.1) is 35.0 Å². The molecule has 0 aliphatic carbocycles. The summed E-state index contributed by atoms with van der Waals surface area (Å²) < 4.78 is 0. The van der Waals surface area contributed by atoms with Gasteiger partial charge in [0.15, 0.2) is 0 Å². The van der Waals surface area contributed by atoms with Crippen LogP contribution in [0.3, 0.4) is 0 Å². The zero-order valence-electron chi connectivity index (χ0n) is 16.6. The Morgan fingerprint density at radius 1 is 1.22 bits per heavy atom. The van der Waals surface area contributed by atoms with Crippen molar-refractivity contribution in [1.82, 2.24) is 9.97 Å². The molecule has 5 nitrogen and oxygen atoms in total. The monoisotopic (exact) mass is 364 g/mol. The number of carbonyl (C=O) groups is 1. The minimum Gasteiger partial charge on any atom is -0.369 e. The number of benzene rings is 1. The van der Waals surface area contributed by atoms with Crippen LogP contribution in [0.2, 0.25) is 0 Å². The molecule has 1 aromatic heterocycles. The smallest absolute Gasteiger partial charge is 0.136 e. The zero-order valence-corrected chi connectivity index (χ0v) is 16.6. The fourth-order valence-electron chi connectivity index (χ4n) is 4.06. The third-order valence-corrected chi connectivity index (χ3v) is 5.81. The summed E-state index contributed by atoms with van der Waals surface area (Å²) >= 11 is 0. The van der Waals surface area contributed by atoms with Crippen molar-refractivity contribution < 1.29 is 4.79 Å². The number of carbonyl (C=O) groups excluding carboxylic acids is 1. The van der Waals surface area contributed by atoms with Gasteiger partial charge in [0.05, 0.1) is 11.3 Å². The summed E-state index contributed by atoms with van der Waals surface area (Å²) in [5, 5.41) is 9.35. The predicted octanol–water partition coefficient (Wildman–Crippen LogP) is 4.22. The van der Waals surface area contributed by atoms with Crippen LogP contribution < -0.4 is 4.90 Å². The van der Waals surface area contributed by atoms with Gasteiger partial charge < -0.3 is 4.90 Å². The van der Waals surface area contributed by atoms with Gasteiger partial charge >= 0.3 is 0 Å². The highest BCUT2D eigenvalue weighted by Crippen LogP contribution is 2.33. The lowest BCUT2D eigenvalue weighted by atomic mass is 9.82. The van der Waals surface area contributed by atoms with Crippen LogP contribution in [0.15, 0.2) is 24.5 Å². The molecule has 142 valence electrons. The molecular weight excluding hydrogens is 336 g/mol. The lowest BCUT2D eigenvalue weighted by Gasteiger charge is -2.38. The average Bonchev–Trinajstić information content (AvgIpc) is 2.65. The molecule has 5 heteroatoms. The first kappa shape index (κ1) is 19.3. The Bertz CT molecular complexity index is 870. The first-order chi connectivity index (χ1) is 12.9. The number of Topliss-reactive ketones (excluding diaryl/α,β-unsaturated/α-hetero) is 1. The van der Waals surface area contributed by atoms with Gasteiger partial charge in [0.25, 0.3) is 0 Å². The van der Waals surface area contributed by atoms with Crippen molar-refractivity contribution in [1.29, 1.82) is 5.26 Å². The van der Waals surface area contributed by atoms with Crippen LogP contribution in [-0.4, -0.2) is 28.8 Å². The van der Waals surface area contributed by atoms with E-state index in [2.05, 4.69) is 41.7 Å². The molecule has 3 rings (SSSR count). The van der Waals surface area contributed by atoms with Gasteiger partial charge in [-0.05, 0) is 36.3 Å². The second-order valence-corrected chi connectivity index (χ2v) is 8.31. The fourth-order valence-corrected chi connectivity index (χ4v) is 4.06. The molecular formula is C22H28N4O. The maximum Gasteiger partial charge on any atom is 0.136 e. The predicted molar refractivity (Wildman–Crippen MR) is 107 cm³/mol. The van der Waals surface area contributed by atoms with Crippen molar-refractivity contribution in [2.24, 2.45) is 23.7 Å². The van der Waals surface area contributed by atoms with E-state index in [0.29, 0.717) is 41.0 Å². The van der Waals surface area contributed by atoms with Gasteiger partial charge in [-0.1, -0.05) is 27.7 Å². The number of hydrogen-bond donors (Lipinski definition) is 0. The standard InChI is InChI=1S/C22H28N4O/c1-14(2)16(4)20(27)10-17-9-15(3)12-26(13-17)19-6-5-18(11-23)21-22(19)25-8-7-24-21/h5-8,14-17H,9-10,12-13H2,1-4H3/t15-,16?,17-/m0/s1. The van der Waals surface area contributed by atoms with Crippen molar-refractivity contribution >= 4 is 22.5 Å². The summed E-state index contributed by atoms with van der Waals surface area (Å²) in [6, 6.07) is 6.00. The quantitative estimate of drug-likeness (QED) is 0.794. The van der Waals surface area contributed by atoms with E-state index in [0.717, 1.165) is 30.7 Å². The lowest BCUT2D eigenvalue weighted by molar-refractivity contribution is -0.124. The summed E-state index contributed by atoms with van der Waals surface area (Å²) in [4.78, 5) is 23.8.